The Labute approximate surface area is 125 Å². The molecular weight excluding hydrogens is 332 g/mol. The molecule has 0 bridgehead atoms. The highest BCUT2D eigenvalue weighted by Gasteiger charge is 2.31. The third kappa shape index (κ3) is 3.35. The molecule has 0 aromatic heterocycles. The summed E-state index contributed by atoms with van der Waals surface area (Å²) in [6.45, 7) is 0.547. The Morgan fingerprint density at radius 3 is 2.89 bits per heavy atom. The predicted molar refractivity (Wildman–Crippen MR) is 76.8 cm³/mol. The zero-order valence-corrected chi connectivity index (χ0v) is 12.8. The number of halogens is 2. The first kappa shape index (κ1) is 14.5. The lowest BCUT2D eigenvalue weighted by Crippen LogP contribution is -2.51. The summed E-state index contributed by atoms with van der Waals surface area (Å²) < 4.78 is 0.844. The molecule has 0 radical (unpaired) electrons. The molecule has 1 aliphatic heterocycles. The number of benzene rings is 1. The Morgan fingerprint density at radius 1 is 1.47 bits per heavy atom. The molecule has 1 atom stereocenters. The van der Waals surface area contributed by atoms with Gasteiger partial charge in [0.2, 0.25) is 11.8 Å². The van der Waals surface area contributed by atoms with Crippen LogP contribution in [0.25, 0.3) is 0 Å². The molecule has 0 aliphatic carbocycles. The summed E-state index contributed by atoms with van der Waals surface area (Å²) in [5, 5.41) is 3.81. The molecule has 1 heterocycles. The number of likely N-dealkylation sites (tertiary alicyclic amines) is 1. The Kier molecular flexibility index (Phi) is 4.60. The van der Waals surface area contributed by atoms with Crippen molar-refractivity contribution in [3.05, 3.63) is 33.3 Å². The average Bonchev–Trinajstić information content (AvgIpc) is 2.39. The molecule has 0 spiro atoms. The minimum atomic E-state index is -0.301. The number of nitrogens with zero attached hydrogens (tertiary/aromatic N) is 1. The SMILES string of the molecule is CN1C(=O)CCC(NCc2ccc(Br)c(Cl)c2)C1=O. The molecule has 6 heteroatoms. The van der Waals surface area contributed by atoms with Gasteiger partial charge in [0.05, 0.1) is 11.1 Å². The lowest BCUT2D eigenvalue weighted by Gasteiger charge is -2.28. The molecule has 1 aromatic carbocycles. The monoisotopic (exact) mass is 344 g/mol. The van der Waals surface area contributed by atoms with Gasteiger partial charge in [-0.15, -0.1) is 0 Å². The fraction of sp³-hybridized carbons (Fsp3) is 0.385. The molecule has 0 saturated carbocycles. The second kappa shape index (κ2) is 6.03. The second-order valence-corrected chi connectivity index (χ2v) is 5.77. The van der Waals surface area contributed by atoms with Crippen LogP contribution in [-0.2, 0) is 16.1 Å². The van der Waals surface area contributed by atoms with Gasteiger partial charge in [0.1, 0.15) is 0 Å². The summed E-state index contributed by atoms with van der Waals surface area (Å²) in [7, 11) is 1.52. The quantitative estimate of drug-likeness (QED) is 0.856. The van der Waals surface area contributed by atoms with Crippen LogP contribution in [0, 0.1) is 0 Å². The van der Waals surface area contributed by atoms with E-state index in [1.165, 1.54) is 11.9 Å². The smallest absolute Gasteiger partial charge is 0.246 e. The van der Waals surface area contributed by atoms with Crippen molar-refractivity contribution in [3.8, 4) is 0 Å². The van der Waals surface area contributed by atoms with E-state index in [0.717, 1.165) is 10.0 Å². The first-order chi connectivity index (χ1) is 8.99. The van der Waals surface area contributed by atoms with Gasteiger partial charge in [-0.25, -0.2) is 0 Å². The zero-order valence-electron chi connectivity index (χ0n) is 10.5. The number of nitrogens with one attached hydrogen (secondary N) is 1. The Balaban J connectivity index is 1.97. The third-order valence-corrected chi connectivity index (χ3v) is 4.42. The standard InChI is InChI=1S/C13H14BrClN2O2/c1-17-12(18)5-4-11(13(17)19)16-7-8-2-3-9(14)10(15)6-8/h2-3,6,11,16H,4-5,7H2,1H3. The van der Waals surface area contributed by atoms with Gasteiger partial charge in [-0.05, 0) is 40.0 Å². The van der Waals surface area contributed by atoms with Gasteiger partial charge in [-0.2, -0.15) is 0 Å². The van der Waals surface area contributed by atoms with E-state index in [1.54, 1.807) is 0 Å². The van der Waals surface area contributed by atoms with Gasteiger partial charge >= 0.3 is 0 Å². The summed E-state index contributed by atoms with van der Waals surface area (Å²) in [4.78, 5) is 24.4. The lowest BCUT2D eigenvalue weighted by molar-refractivity contribution is -0.148. The van der Waals surface area contributed by atoms with E-state index in [2.05, 4.69) is 21.2 Å². The fourth-order valence-electron chi connectivity index (χ4n) is 2.00. The van der Waals surface area contributed by atoms with E-state index in [9.17, 15) is 9.59 Å². The van der Waals surface area contributed by atoms with Gasteiger partial charge in [0.25, 0.3) is 0 Å². The molecule has 102 valence electrons. The van der Waals surface area contributed by atoms with Crippen LogP contribution in [0.3, 0.4) is 0 Å². The van der Waals surface area contributed by atoms with Crippen molar-refractivity contribution in [2.45, 2.75) is 25.4 Å². The van der Waals surface area contributed by atoms with E-state index in [0.29, 0.717) is 24.4 Å². The van der Waals surface area contributed by atoms with Crippen LogP contribution < -0.4 is 5.32 Å². The molecule has 2 rings (SSSR count). The molecule has 1 N–H and O–H groups in total. The number of hydrogen-bond donors (Lipinski definition) is 1. The van der Waals surface area contributed by atoms with Gasteiger partial charge in [0.15, 0.2) is 0 Å². The highest BCUT2D eigenvalue weighted by molar-refractivity contribution is 9.10. The number of imide groups is 1. The fourth-order valence-corrected chi connectivity index (χ4v) is 2.45. The molecule has 1 aliphatic rings. The van der Waals surface area contributed by atoms with E-state index >= 15 is 0 Å². The maximum atomic E-state index is 11.9. The number of piperidine rings is 1. The van der Waals surface area contributed by atoms with Crippen molar-refractivity contribution < 1.29 is 9.59 Å². The number of hydrogen-bond acceptors (Lipinski definition) is 3. The summed E-state index contributed by atoms with van der Waals surface area (Å²) in [6.07, 6.45) is 0.952. The maximum Gasteiger partial charge on any atom is 0.246 e. The number of rotatable bonds is 3. The minimum Gasteiger partial charge on any atom is -0.302 e. The average molecular weight is 346 g/mol. The van der Waals surface area contributed by atoms with E-state index in [-0.39, 0.29) is 17.9 Å². The van der Waals surface area contributed by atoms with Crippen molar-refractivity contribution >= 4 is 39.3 Å². The van der Waals surface area contributed by atoms with E-state index in [1.807, 2.05) is 18.2 Å². The topological polar surface area (TPSA) is 49.4 Å². The second-order valence-electron chi connectivity index (χ2n) is 4.51. The molecule has 1 unspecified atom stereocenters. The Morgan fingerprint density at radius 2 is 2.21 bits per heavy atom. The summed E-state index contributed by atoms with van der Waals surface area (Å²) >= 11 is 9.34. The largest absolute Gasteiger partial charge is 0.302 e. The molecule has 1 aromatic rings. The van der Waals surface area contributed by atoms with Crippen LogP contribution in [0.1, 0.15) is 18.4 Å². The first-order valence-electron chi connectivity index (χ1n) is 5.96. The number of amides is 2. The van der Waals surface area contributed by atoms with Crippen LogP contribution >= 0.6 is 27.5 Å². The van der Waals surface area contributed by atoms with Crippen molar-refractivity contribution in [1.82, 2.24) is 10.2 Å². The highest BCUT2D eigenvalue weighted by atomic mass is 79.9. The predicted octanol–water partition coefficient (Wildman–Crippen LogP) is 2.34. The number of carbonyl (C=O) groups is 2. The maximum absolute atomic E-state index is 11.9. The van der Waals surface area contributed by atoms with Crippen molar-refractivity contribution in [2.75, 3.05) is 7.05 Å². The van der Waals surface area contributed by atoms with E-state index < -0.39 is 0 Å². The normalized spacial score (nSPS) is 19.9. The third-order valence-electron chi connectivity index (χ3n) is 3.19. The number of likely N-dealkylation sites (N-methyl/N-ethyl adjacent to an activating group) is 1. The highest BCUT2D eigenvalue weighted by Crippen LogP contribution is 2.23. The minimum absolute atomic E-state index is 0.116. The van der Waals surface area contributed by atoms with Gasteiger partial charge < -0.3 is 5.32 Å². The van der Waals surface area contributed by atoms with Crippen LogP contribution in [0.2, 0.25) is 5.02 Å². The molecule has 4 nitrogen and oxygen atoms in total. The molecule has 2 amide bonds. The number of carbonyl (C=O) groups excluding carboxylic acids is 2. The molecule has 1 fully saturated rings. The van der Waals surface area contributed by atoms with Crippen molar-refractivity contribution in [1.29, 1.82) is 0 Å². The first-order valence-corrected chi connectivity index (χ1v) is 7.14. The Hall–Kier alpha value is -0.910. The zero-order chi connectivity index (χ0) is 14.0. The van der Waals surface area contributed by atoms with Crippen LogP contribution in [0.4, 0.5) is 0 Å². The Bertz CT molecular complexity index is 521. The van der Waals surface area contributed by atoms with Crippen LogP contribution in [-0.4, -0.2) is 29.8 Å². The van der Waals surface area contributed by atoms with Gasteiger partial charge in [0, 0.05) is 24.5 Å². The van der Waals surface area contributed by atoms with Crippen molar-refractivity contribution in [2.24, 2.45) is 0 Å². The van der Waals surface area contributed by atoms with E-state index in [4.69, 9.17) is 11.6 Å². The summed E-state index contributed by atoms with van der Waals surface area (Å²) in [5.41, 5.74) is 1.00. The van der Waals surface area contributed by atoms with Crippen LogP contribution in [0.5, 0.6) is 0 Å². The summed E-state index contributed by atoms with van der Waals surface area (Å²) in [6, 6.07) is 5.36. The lowest BCUT2D eigenvalue weighted by atomic mass is 10.0. The van der Waals surface area contributed by atoms with Gasteiger partial charge in [-0.3, -0.25) is 14.5 Å². The van der Waals surface area contributed by atoms with Crippen molar-refractivity contribution in [3.63, 3.8) is 0 Å². The molecular formula is C13H14BrClN2O2. The summed E-state index contributed by atoms with van der Waals surface area (Å²) in [5.74, 6) is -0.283. The van der Waals surface area contributed by atoms with Gasteiger partial charge in [-0.1, -0.05) is 17.7 Å². The van der Waals surface area contributed by atoms with Crippen LogP contribution in [0.15, 0.2) is 22.7 Å². The molecule has 1 saturated heterocycles. The molecule has 19 heavy (non-hydrogen) atoms.